The maximum absolute atomic E-state index is 12.2. The number of imidazole rings is 1. The van der Waals surface area contributed by atoms with Crippen LogP contribution in [0.25, 0.3) is 94.9 Å². The molecule has 0 fully saturated rings. The van der Waals surface area contributed by atoms with Crippen molar-refractivity contribution in [3.05, 3.63) is 181 Å². The van der Waals surface area contributed by atoms with Gasteiger partial charge in [-0.15, -0.1) is 0 Å². The standard InChI is InChI=1S/C57H49N3O2/c1-35-17-15-20-37(27-35)43-22-16-23-45(54(43)61)48-32-39(38-28-41(56(2,3)4)34-42(29-38)57(5,6)7)33-49(58-48)47-31-40(30-46-44-21-11-12-24-50(44)62-55(46)47)52-53(36-18-9-8-10-19-36)60-26-14-13-25-51(60)59-52/h8-34,61H,1-7H3. The molecule has 304 valence electrons. The molecule has 62 heavy (non-hydrogen) atoms. The van der Waals surface area contributed by atoms with Crippen molar-refractivity contribution in [2.45, 2.75) is 59.3 Å². The van der Waals surface area contributed by atoms with E-state index in [1.165, 1.54) is 11.1 Å². The predicted molar refractivity (Wildman–Crippen MR) is 257 cm³/mol. The first-order valence-corrected chi connectivity index (χ1v) is 21.4. The van der Waals surface area contributed by atoms with Crippen molar-refractivity contribution >= 4 is 27.6 Å². The van der Waals surface area contributed by atoms with Crippen LogP contribution in [0.2, 0.25) is 0 Å². The second-order valence-electron chi connectivity index (χ2n) is 18.6. The Hall–Kier alpha value is -7.24. The van der Waals surface area contributed by atoms with E-state index in [0.29, 0.717) is 11.3 Å². The largest absolute Gasteiger partial charge is 0.507 e. The number of furan rings is 1. The third-order valence-corrected chi connectivity index (χ3v) is 12.1. The van der Waals surface area contributed by atoms with Crippen molar-refractivity contribution in [3.63, 3.8) is 0 Å². The number of aryl methyl sites for hydroxylation is 1. The summed E-state index contributed by atoms with van der Waals surface area (Å²) in [6, 6.07) is 54.7. The number of hydrogen-bond acceptors (Lipinski definition) is 4. The quantitative estimate of drug-likeness (QED) is 0.182. The van der Waals surface area contributed by atoms with Crippen LogP contribution < -0.4 is 0 Å². The van der Waals surface area contributed by atoms with E-state index < -0.39 is 0 Å². The maximum atomic E-state index is 12.2. The summed E-state index contributed by atoms with van der Waals surface area (Å²) in [6.45, 7) is 15.7. The van der Waals surface area contributed by atoms with Crippen molar-refractivity contribution < 1.29 is 9.52 Å². The molecule has 0 aliphatic heterocycles. The van der Waals surface area contributed by atoms with E-state index in [1.54, 1.807) is 0 Å². The minimum atomic E-state index is -0.0888. The van der Waals surface area contributed by atoms with E-state index in [2.05, 4.69) is 156 Å². The second-order valence-corrected chi connectivity index (χ2v) is 18.6. The van der Waals surface area contributed by atoms with Crippen LogP contribution in [-0.2, 0) is 10.8 Å². The average Bonchev–Trinajstić information content (AvgIpc) is 3.85. The molecule has 0 aliphatic carbocycles. The molecule has 10 rings (SSSR count). The zero-order valence-corrected chi connectivity index (χ0v) is 36.3. The molecule has 0 radical (unpaired) electrons. The fourth-order valence-corrected chi connectivity index (χ4v) is 8.65. The van der Waals surface area contributed by atoms with Crippen LogP contribution in [-0.4, -0.2) is 19.5 Å². The van der Waals surface area contributed by atoms with Gasteiger partial charge >= 0.3 is 0 Å². The Kier molecular flexibility index (Phi) is 9.26. The Labute approximate surface area is 363 Å². The monoisotopic (exact) mass is 807 g/mol. The van der Waals surface area contributed by atoms with Gasteiger partial charge in [-0.05, 0) is 94.1 Å². The number of fused-ring (bicyclic) bond motifs is 4. The van der Waals surface area contributed by atoms with Crippen LogP contribution in [0.5, 0.6) is 5.75 Å². The van der Waals surface area contributed by atoms with Gasteiger partial charge < -0.3 is 9.52 Å². The van der Waals surface area contributed by atoms with Crippen molar-refractivity contribution in [1.82, 2.24) is 14.4 Å². The molecule has 1 N–H and O–H groups in total. The first-order chi connectivity index (χ1) is 29.8. The predicted octanol–water partition coefficient (Wildman–Crippen LogP) is 15.2. The lowest BCUT2D eigenvalue weighted by atomic mass is 9.79. The zero-order chi connectivity index (χ0) is 42.9. The molecule has 0 amide bonds. The molecule has 0 saturated carbocycles. The summed E-state index contributed by atoms with van der Waals surface area (Å²) in [5.74, 6) is 0.187. The minimum Gasteiger partial charge on any atom is -0.507 e. The molecule has 0 bridgehead atoms. The Morgan fingerprint density at radius 2 is 1.15 bits per heavy atom. The van der Waals surface area contributed by atoms with Crippen LogP contribution in [0.3, 0.4) is 0 Å². The minimum absolute atomic E-state index is 0.0888. The zero-order valence-electron chi connectivity index (χ0n) is 36.3. The van der Waals surface area contributed by atoms with Gasteiger partial charge in [-0.25, -0.2) is 9.97 Å². The summed E-state index contributed by atoms with van der Waals surface area (Å²) in [4.78, 5) is 10.8. The summed E-state index contributed by atoms with van der Waals surface area (Å²) in [7, 11) is 0. The molecular formula is C57H49N3O2. The van der Waals surface area contributed by atoms with Gasteiger partial charge in [0.05, 0.1) is 22.8 Å². The number of benzene rings is 6. The summed E-state index contributed by atoms with van der Waals surface area (Å²) in [6.07, 6.45) is 2.08. The highest BCUT2D eigenvalue weighted by Gasteiger charge is 2.25. The highest BCUT2D eigenvalue weighted by atomic mass is 16.3. The summed E-state index contributed by atoms with van der Waals surface area (Å²) in [5.41, 5.74) is 16.4. The first-order valence-electron chi connectivity index (χ1n) is 21.4. The number of phenolic OH excluding ortho intramolecular Hbond substituents is 1. The molecule has 10 aromatic rings. The topological polar surface area (TPSA) is 63.6 Å². The van der Waals surface area contributed by atoms with E-state index in [-0.39, 0.29) is 16.6 Å². The van der Waals surface area contributed by atoms with E-state index in [4.69, 9.17) is 14.4 Å². The third-order valence-electron chi connectivity index (χ3n) is 12.1. The van der Waals surface area contributed by atoms with E-state index in [9.17, 15) is 5.11 Å². The molecule has 0 saturated heterocycles. The lowest BCUT2D eigenvalue weighted by molar-refractivity contribution is 0.479. The molecule has 4 aromatic heterocycles. The van der Waals surface area contributed by atoms with Crippen molar-refractivity contribution in [2.24, 2.45) is 0 Å². The van der Waals surface area contributed by atoms with Gasteiger partial charge in [0.25, 0.3) is 0 Å². The summed E-state index contributed by atoms with van der Waals surface area (Å²) < 4.78 is 8.98. The number of rotatable bonds is 6. The first kappa shape index (κ1) is 38.9. The normalized spacial score (nSPS) is 12.2. The van der Waals surface area contributed by atoms with Gasteiger partial charge in [0.2, 0.25) is 0 Å². The second kappa shape index (κ2) is 14.7. The van der Waals surface area contributed by atoms with Crippen molar-refractivity contribution in [3.8, 4) is 73.0 Å². The molecule has 5 nitrogen and oxygen atoms in total. The van der Waals surface area contributed by atoms with Crippen molar-refractivity contribution in [1.29, 1.82) is 0 Å². The fraction of sp³-hybridized carbons (Fsp3) is 0.158. The van der Waals surface area contributed by atoms with E-state index in [0.717, 1.165) is 89.2 Å². The molecule has 6 aromatic carbocycles. The maximum Gasteiger partial charge on any atom is 0.144 e. The Morgan fingerprint density at radius 3 is 1.89 bits per heavy atom. The molecule has 4 heterocycles. The number of phenols is 1. The highest BCUT2D eigenvalue weighted by Crippen LogP contribution is 2.45. The molecule has 0 unspecified atom stereocenters. The highest BCUT2D eigenvalue weighted by molar-refractivity contribution is 6.11. The lowest BCUT2D eigenvalue weighted by Gasteiger charge is -2.26. The molecular weight excluding hydrogens is 759 g/mol. The summed E-state index contributed by atoms with van der Waals surface area (Å²) >= 11 is 0. The van der Waals surface area contributed by atoms with Crippen LogP contribution in [0.1, 0.15) is 58.2 Å². The van der Waals surface area contributed by atoms with Gasteiger partial charge in [0, 0.05) is 44.8 Å². The average molecular weight is 808 g/mol. The van der Waals surface area contributed by atoms with Gasteiger partial charge in [0.15, 0.2) is 0 Å². The van der Waals surface area contributed by atoms with Gasteiger partial charge in [-0.3, -0.25) is 4.40 Å². The Balaban J connectivity index is 1.29. The van der Waals surface area contributed by atoms with Crippen LogP contribution in [0.4, 0.5) is 0 Å². The van der Waals surface area contributed by atoms with E-state index in [1.807, 2.05) is 60.7 Å². The van der Waals surface area contributed by atoms with Crippen molar-refractivity contribution in [2.75, 3.05) is 0 Å². The number of pyridine rings is 2. The van der Waals surface area contributed by atoms with Gasteiger partial charge in [0.1, 0.15) is 22.6 Å². The third kappa shape index (κ3) is 6.94. The number of aromatic nitrogens is 3. The van der Waals surface area contributed by atoms with Crippen LogP contribution >= 0.6 is 0 Å². The molecule has 0 atom stereocenters. The Morgan fingerprint density at radius 1 is 0.500 bits per heavy atom. The number of hydrogen-bond donors (Lipinski definition) is 1. The van der Waals surface area contributed by atoms with Gasteiger partial charge in [-0.2, -0.15) is 0 Å². The summed E-state index contributed by atoms with van der Waals surface area (Å²) in [5, 5.41) is 14.2. The van der Waals surface area contributed by atoms with E-state index >= 15 is 0 Å². The van der Waals surface area contributed by atoms with Crippen LogP contribution in [0.15, 0.2) is 168 Å². The van der Waals surface area contributed by atoms with Gasteiger partial charge in [-0.1, -0.05) is 156 Å². The van der Waals surface area contributed by atoms with Crippen LogP contribution in [0, 0.1) is 6.92 Å². The molecule has 0 aliphatic rings. The number of para-hydroxylation sites is 2. The molecule has 0 spiro atoms. The fourth-order valence-electron chi connectivity index (χ4n) is 8.65. The number of aromatic hydroxyl groups is 1. The lowest BCUT2D eigenvalue weighted by Crippen LogP contribution is -2.16. The molecule has 5 heteroatoms. The smallest absolute Gasteiger partial charge is 0.144 e. The number of nitrogens with zero attached hydrogens (tertiary/aromatic N) is 3. The Bertz CT molecular complexity index is 3310. The SMILES string of the molecule is Cc1cccc(-c2cccc(-c3cc(-c4cc(C(C)(C)C)cc(C(C)(C)C)c4)cc(-c4cc(-c5nc6ccccn6c5-c5ccccc5)cc5c4oc4ccccc45)n3)c2O)c1.